The standard InChI is InChI=1S/C20H27N5O/c1-25(2)17-11-9-16(10-12-17)23-19-13-18(21-14-22-19)20(26)24-15-7-5-3-4-6-8-15/h9-15H,3-8H2,1-2H3,(H,24,26)(H,21,22,23). The maximum Gasteiger partial charge on any atom is 0.270 e. The molecular formula is C20H27N5O. The first-order valence-corrected chi connectivity index (χ1v) is 9.29. The highest BCUT2D eigenvalue weighted by Gasteiger charge is 2.17. The van der Waals surface area contributed by atoms with E-state index in [0.29, 0.717) is 11.5 Å². The van der Waals surface area contributed by atoms with E-state index in [2.05, 4.69) is 20.6 Å². The first-order valence-electron chi connectivity index (χ1n) is 9.29. The van der Waals surface area contributed by atoms with Gasteiger partial charge in [0.1, 0.15) is 17.8 Å². The van der Waals surface area contributed by atoms with Crippen LogP contribution in [0.3, 0.4) is 0 Å². The van der Waals surface area contributed by atoms with E-state index in [0.717, 1.165) is 24.2 Å². The Bertz CT molecular complexity index is 721. The van der Waals surface area contributed by atoms with Crippen LogP contribution in [0, 0.1) is 0 Å². The van der Waals surface area contributed by atoms with Crippen molar-refractivity contribution in [2.24, 2.45) is 0 Å². The van der Waals surface area contributed by atoms with Gasteiger partial charge in [-0.2, -0.15) is 0 Å². The van der Waals surface area contributed by atoms with Crippen molar-refractivity contribution in [1.29, 1.82) is 0 Å². The molecule has 1 aromatic heterocycles. The number of hydrogen-bond acceptors (Lipinski definition) is 5. The van der Waals surface area contributed by atoms with Gasteiger partial charge in [-0.25, -0.2) is 9.97 Å². The number of hydrogen-bond donors (Lipinski definition) is 2. The third-order valence-electron chi connectivity index (χ3n) is 4.75. The maximum atomic E-state index is 12.5. The van der Waals surface area contributed by atoms with Crippen LogP contribution >= 0.6 is 0 Å². The lowest BCUT2D eigenvalue weighted by Crippen LogP contribution is -2.34. The van der Waals surface area contributed by atoms with Crippen molar-refractivity contribution in [2.45, 2.75) is 44.6 Å². The van der Waals surface area contributed by atoms with E-state index in [1.807, 2.05) is 43.3 Å². The predicted molar refractivity (Wildman–Crippen MR) is 105 cm³/mol. The molecule has 6 heteroatoms. The molecule has 138 valence electrons. The third-order valence-corrected chi connectivity index (χ3v) is 4.75. The highest BCUT2D eigenvalue weighted by Crippen LogP contribution is 2.20. The van der Waals surface area contributed by atoms with Crippen molar-refractivity contribution in [2.75, 3.05) is 24.3 Å². The van der Waals surface area contributed by atoms with Crippen LogP contribution in [0.25, 0.3) is 0 Å². The Morgan fingerprint density at radius 3 is 2.38 bits per heavy atom. The molecule has 0 spiro atoms. The highest BCUT2D eigenvalue weighted by molar-refractivity contribution is 5.93. The molecule has 0 aliphatic heterocycles. The summed E-state index contributed by atoms with van der Waals surface area (Å²) in [6.45, 7) is 0. The van der Waals surface area contributed by atoms with Gasteiger partial charge in [0.05, 0.1) is 0 Å². The molecule has 1 heterocycles. The Hall–Kier alpha value is -2.63. The Labute approximate surface area is 155 Å². The van der Waals surface area contributed by atoms with E-state index in [9.17, 15) is 4.79 Å². The van der Waals surface area contributed by atoms with E-state index in [4.69, 9.17) is 0 Å². The topological polar surface area (TPSA) is 70.2 Å². The summed E-state index contributed by atoms with van der Waals surface area (Å²) in [7, 11) is 4.01. The predicted octanol–water partition coefficient (Wildman–Crippen LogP) is 3.74. The number of anilines is 3. The summed E-state index contributed by atoms with van der Waals surface area (Å²) in [5.41, 5.74) is 2.45. The molecule has 1 saturated carbocycles. The van der Waals surface area contributed by atoms with Crippen molar-refractivity contribution in [3.05, 3.63) is 42.4 Å². The lowest BCUT2D eigenvalue weighted by Gasteiger charge is -2.16. The zero-order valence-electron chi connectivity index (χ0n) is 15.5. The molecule has 0 radical (unpaired) electrons. The summed E-state index contributed by atoms with van der Waals surface area (Å²) in [4.78, 5) is 22.9. The van der Waals surface area contributed by atoms with Crippen LogP contribution in [0.5, 0.6) is 0 Å². The molecule has 3 rings (SSSR count). The van der Waals surface area contributed by atoms with Gasteiger partial charge in [-0.05, 0) is 37.1 Å². The van der Waals surface area contributed by atoms with Gasteiger partial charge in [0.15, 0.2) is 0 Å². The van der Waals surface area contributed by atoms with Gasteiger partial charge in [-0.1, -0.05) is 25.7 Å². The lowest BCUT2D eigenvalue weighted by atomic mass is 10.1. The molecule has 0 saturated heterocycles. The molecule has 0 bridgehead atoms. The van der Waals surface area contributed by atoms with E-state index < -0.39 is 0 Å². The monoisotopic (exact) mass is 353 g/mol. The molecule has 1 aromatic carbocycles. The normalized spacial score (nSPS) is 15.2. The van der Waals surface area contributed by atoms with Crippen LogP contribution < -0.4 is 15.5 Å². The Morgan fingerprint density at radius 2 is 1.73 bits per heavy atom. The molecule has 0 atom stereocenters. The molecule has 6 nitrogen and oxygen atoms in total. The molecule has 1 aliphatic carbocycles. The number of rotatable bonds is 5. The van der Waals surface area contributed by atoms with Gasteiger partial charge >= 0.3 is 0 Å². The number of carbonyl (C=O) groups is 1. The van der Waals surface area contributed by atoms with Crippen LogP contribution in [0.4, 0.5) is 17.2 Å². The zero-order valence-corrected chi connectivity index (χ0v) is 15.5. The quantitative estimate of drug-likeness (QED) is 0.802. The molecule has 0 unspecified atom stereocenters. The number of nitrogens with one attached hydrogen (secondary N) is 2. The van der Waals surface area contributed by atoms with Crippen LogP contribution in [-0.4, -0.2) is 36.0 Å². The van der Waals surface area contributed by atoms with Crippen molar-refractivity contribution >= 4 is 23.1 Å². The van der Waals surface area contributed by atoms with Gasteiger partial charge in [0.25, 0.3) is 5.91 Å². The summed E-state index contributed by atoms with van der Waals surface area (Å²) in [5.74, 6) is 0.494. The van der Waals surface area contributed by atoms with Gasteiger partial charge in [0.2, 0.25) is 0 Å². The minimum atomic E-state index is -0.120. The Kier molecular flexibility index (Phi) is 6.04. The van der Waals surface area contributed by atoms with Crippen LogP contribution in [0.15, 0.2) is 36.7 Å². The fraction of sp³-hybridized carbons (Fsp3) is 0.450. The van der Waals surface area contributed by atoms with Crippen LogP contribution in [0.1, 0.15) is 49.0 Å². The summed E-state index contributed by atoms with van der Waals surface area (Å²) in [5, 5.41) is 6.35. The smallest absolute Gasteiger partial charge is 0.270 e. The van der Waals surface area contributed by atoms with Crippen molar-refractivity contribution in [3.63, 3.8) is 0 Å². The lowest BCUT2D eigenvalue weighted by molar-refractivity contribution is 0.0928. The number of benzene rings is 1. The average Bonchev–Trinajstić information content (AvgIpc) is 2.91. The summed E-state index contributed by atoms with van der Waals surface area (Å²) >= 11 is 0. The minimum absolute atomic E-state index is 0.120. The first kappa shape index (κ1) is 18.2. The van der Waals surface area contributed by atoms with E-state index in [1.54, 1.807) is 6.07 Å². The zero-order chi connectivity index (χ0) is 18.4. The fourth-order valence-electron chi connectivity index (χ4n) is 3.22. The Morgan fingerprint density at radius 1 is 1.04 bits per heavy atom. The molecule has 1 aliphatic rings. The van der Waals surface area contributed by atoms with Gasteiger partial charge in [0, 0.05) is 37.6 Å². The Balaban J connectivity index is 1.64. The summed E-state index contributed by atoms with van der Waals surface area (Å²) < 4.78 is 0. The fourth-order valence-corrected chi connectivity index (χ4v) is 3.22. The number of aromatic nitrogens is 2. The van der Waals surface area contributed by atoms with E-state index in [-0.39, 0.29) is 11.9 Å². The average molecular weight is 353 g/mol. The van der Waals surface area contributed by atoms with Gasteiger partial charge < -0.3 is 15.5 Å². The van der Waals surface area contributed by atoms with Crippen molar-refractivity contribution in [1.82, 2.24) is 15.3 Å². The number of nitrogens with zero attached hydrogens (tertiary/aromatic N) is 3. The minimum Gasteiger partial charge on any atom is -0.378 e. The third kappa shape index (κ3) is 4.94. The van der Waals surface area contributed by atoms with Crippen LogP contribution in [0.2, 0.25) is 0 Å². The van der Waals surface area contributed by atoms with Crippen LogP contribution in [-0.2, 0) is 0 Å². The second-order valence-electron chi connectivity index (χ2n) is 7.02. The summed E-state index contributed by atoms with van der Waals surface area (Å²) in [6, 6.07) is 10.00. The molecular weight excluding hydrogens is 326 g/mol. The molecule has 2 N–H and O–H groups in total. The molecule has 26 heavy (non-hydrogen) atoms. The van der Waals surface area contributed by atoms with Crippen molar-refractivity contribution < 1.29 is 4.79 Å². The maximum absolute atomic E-state index is 12.5. The van der Waals surface area contributed by atoms with E-state index >= 15 is 0 Å². The first-order chi connectivity index (χ1) is 12.6. The summed E-state index contributed by atoms with van der Waals surface area (Å²) in [6.07, 6.45) is 8.44. The molecule has 2 aromatic rings. The molecule has 1 amide bonds. The number of carbonyl (C=O) groups excluding carboxylic acids is 1. The number of amides is 1. The van der Waals surface area contributed by atoms with Gasteiger partial charge in [-0.3, -0.25) is 4.79 Å². The van der Waals surface area contributed by atoms with E-state index in [1.165, 1.54) is 32.0 Å². The van der Waals surface area contributed by atoms with Gasteiger partial charge in [-0.15, -0.1) is 0 Å². The highest BCUT2D eigenvalue weighted by atomic mass is 16.1. The second-order valence-corrected chi connectivity index (χ2v) is 7.02. The largest absolute Gasteiger partial charge is 0.378 e. The second kappa shape index (κ2) is 8.65. The molecule has 1 fully saturated rings. The van der Waals surface area contributed by atoms with Crippen molar-refractivity contribution in [3.8, 4) is 0 Å². The SMILES string of the molecule is CN(C)c1ccc(Nc2cc(C(=O)NC3CCCCCC3)ncn2)cc1.